The number of carbonyl (C=O) groups is 1. The first-order valence-corrected chi connectivity index (χ1v) is 9.82. The van der Waals surface area contributed by atoms with Crippen LogP contribution in [0.4, 0.5) is 11.5 Å². The molecule has 3 N–H and O–H groups in total. The zero-order valence-corrected chi connectivity index (χ0v) is 16.0. The van der Waals surface area contributed by atoms with Crippen LogP contribution in [0.15, 0.2) is 36.5 Å². The van der Waals surface area contributed by atoms with Crippen molar-refractivity contribution in [2.75, 3.05) is 44.0 Å². The number of aromatic nitrogens is 1. The molecule has 6 nitrogen and oxygen atoms in total. The van der Waals surface area contributed by atoms with Crippen molar-refractivity contribution in [2.24, 2.45) is 0 Å². The van der Waals surface area contributed by atoms with Crippen molar-refractivity contribution in [3.63, 3.8) is 0 Å². The maximum Gasteiger partial charge on any atom is 0.254 e. The Morgan fingerprint density at radius 3 is 2.85 bits per heavy atom. The summed E-state index contributed by atoms with van der Waals surface area (Å²) in [6.07, 6.45) is 2.59. The lowest BCUT2D eigenvalue weighted by Crippen LogP contribution is -2.25. The highest BCUT2D eigenvalue weighted by Gasteiger charge is 2.16. The van der Waals surface area contributed by atoms with Gasteiger partial charge in [-0.2, -0.15) is 0 Å². The third kappa shape index (κ3) is 3.48. The molecule has 0 aliphatic carbocycles. The molecule has 2 aromatic heterocycles. The van der Waals surface area contributed by atoms with Gasteiger partial charge in [0, 0.05) is 48.9 Å². The van der Waals surface area contributed by atoms with Gasteiger partial charge >= 0.3 is 0 Å². The molecule has 27 heavy (non-hydrogen) atoms. The zero-order chi connectivity index (χ0) is 18.8. The van der Waals surface area contributed by atoms with E-state index in [1.165, 1.54) is 5.69 Å². The number of carbonyl (C=O) groups excluding carboxylic acids is 1. The average Bonchev–Trinajstić information content (AvgIpc) is 2.97. The first kappa shape index (κ1) is 17.8. The van der Waals surface area contributed by atoms with Gasteiger partial charge in [0.05, 0.1) is 16.9 Å². The molecule has 0 unspecified atom stereocenters. The molecular weight excluding hydrogens is 360 g/mol. The van der Waals surface area contributed by atoms with Gasteiger partial charge in [0.1, 0.15) is 5.82 Å². The fraction of sp³-hybridized carbons (Fsp3) is 0.300. The predicted octanol–water partition coefficient (Wildman–Crippen LogP) is 3.13. The van der Waals surface area contributed by atoms with Crippen LogP contribution in [0.25, 0.3) is 20.5 Å². The number of ether oxygens (including phenoxy) is 1. The maximum atomic E-state index is 12.1. The number of rotatable bonds is 3. The number of nitrogen functional groups attached to an aromatic ring is 1. The van der Waals surface area contributed by atoms with Gasteiger partial charge in [0.2, 0.25) is 0 Å². The van der Waals surface area contributed by atoms with E-state index in [1.54, 1.807) is 24.6 Å². The summed E-state index contributed by atoms with van der Waals surface area (Å²) in [5.74, 6) is 0.293. The Kier molecular flexibility index (Phi) is 4.96. The van der Waals surface area contributed by atoms with Crippen LogP contribution in [-0.4, -0.2) is 44.2 Å². The normalized spacial score (nSPS) is 14.9. The van der Waals surface area contributed by atoms with E-state index in [1.807, 2.05) is 6.07 Å². The highest BCUT2D eigenvalue weighted by atomic mass is 32.1. The first-order chi connectivity index (χ1) is 13.2. The topological polar surface area (TPSA) is 80.5 Å². The van der Waals surface area contributed by atoms with Crippen molar-refractivity contribution in [1.82, 2.24) is 10.3 Å². The van der Waals surface area contributed by atoms with Gasteiger partial charge in [-0.3, -0.25) is 4.79 Å². The second kappa shape index (κ2) is 7.54. The van der Waals surface area contributed by atoms with Gasteiger partial charge in [-0.15, -0.1) is 11.3 Å². The van der Waals surface area contributed by atoms with Crippen molar-refractivity contribution in [3.05, 3.63) is 42.1 Å². The summed E-state index contributed by atoms with van der Waals surface area (Å²) in [4.78, 5) is 19.7. The minimum atomic E-state index is -0.153. The van der Waals surface area contributed by atoms with Gasteiger partial charge in [0.15, 0.2) is 0 Å². The van der Waals surface area contributed by atoms with E-state index in [2.05, 4.69) is 39.5 Å². The Morgan fingerprint density at radius 1 is 1.26 bits per heavy atom. The molecule has 0 spiro atoms. The number of nitrogens with one attached hydrogen (secondary N) is 1. The second-order valence-corrected chi connectivity index (χ2v) is 7.54. The number of pyridine rings is 1. The van der Waals surface area contributed by atoms with Crippen molar-refractivity contribution < 1.29 is 9.53 Å². The van der Waals surface area contributed by atoms with Gasteiger partial charge < -0.3 is 20.7 Å². The van der Waals surface area contributed by atoms with E-state index in [0.29, 0.717) is 11.4 Å². The van der Waals surface area contributed by atoms with Crippen molar-refractivity contribution >= 4 is 38.8 Å². The van der Waals surface area contributed by atoms with Gasteiger partial charge in [-0.1, -0.05) is 12.1 Å². The Labute approximate surface area is 162 Å². The summed E-state index contributed by atoms with van der Waals surface area (Å²) in [5, 5.41) is 3.49. The molecule has 0 radical (unpaired) electrons. The Morgan fingerprint density at radius 2 is 2.07 bits per heavy atom. The maximum absolute atomic E-state index is 12.1. The number of fused-ring (bicyclic) bond motifs is 1. The monoisotopic (exact) mass is 382 g/mol. The van der Waals surface area contributed by atoms with E-state index in [9.17, 15) is 4.79 Å². The lowest BCUT2D eigenvalue weighted by atomic mass is 10.1. The fourth-order valence-corrected chi connectivity index (χ4v) is 4.50. The van der Waals surface area contributed by atoms with Gasteiger partial charge in [-0.05, 0) is 30.2 Å². The number of nitrogens with zero attached hydrogens (tertiary/aromatic N) is 2. The molecule has 1 aliphatic heterocycles. The Balaban J connectivity index is 1.68. The third-order valence-corrected chi connectivity index (χ3v) is 6.01. The number of anilines is 2. The lowest BCUT2D eigenvalue weighted by Gasteiger charge is -2.22. The molecule has 4 rings (SSSR count). The quantitative estimate of drug-likeness (QED) is 0.727. The van der Waals surface area contributed by atoms with E-state index in [4.69, 9.17) is 10.5 Å². The summed E-state index contributed by atoms with van der Waals surface area (Å²) >= 11 is 1.57. The molecule has 0 atom stereocenters. The largest absolute Gasteiger partial charge is 0.383 e. The van der Waals surface area contributed by atoms with E-state index in [0.717, 1.165) is 53.3 Å². The molecule has 1 saturated heterocycles. The summed E-state index contributed by atoms with van der Waals surface area (Å²) in [5.41, 5.74) is 8.91. The number of hydrogen-bond donors (Lipinski definition) is 2. The number of hydrogen-bond acceptors (Lipinski definition) is 6. The summed E-state index contributed by atoms with van der Waals surface area (Å²) < 4.78 is 6.40. The molecule has 140 valence electrons. The second-order valence-electron chi connectivity index (χ2n) is 6.49. The van der Waals surface area contributed by atoms with Crippen molar-refractivity contribution in [3.8, 4) is 10.4 Å². The van der Waals surface area contributed by atoms with Crippen molar-refractivity contribution in [2.45, 2.75) is 6.42 Å². The molecule has 7 heteroatoms. The standard InChI is InChI=1S/C20H22N4O2S/c1-22-20(25)16-12-23-19(21)15-11-17(27-18(15)16)13-3-5-14(6-4-13)24-7-2-9-26-10-8-24/h3-6,11-12H,2,7-10H2,1H3,(H2,21,23)(H,22,25). The average molecular weight is 382 g/mol. The molecule has 1 aliphatic rings. The Hall–Kier alpha value is -2.64. The van der Waals surface area contributed by atoms with Gasteiger partial charge in [0.25, 0.3) is 5.91 Å². The summed E-state index contributed by atoms with van der Waals surface area (Å²) in [6.45, 7) is 3.53. The van der Waals surface area contributed by atoms with Crippen LogP contribution >= 0.6 is 11.3 Å². The SMILES string of the molecule is CNC(=O)c1cnc(N)c2cc(-c3ccc(N4CCCOCC4)cc3)sc12. The zero-order valence-electron chi connectivity index (χ0n) is 15.2. The van der Waals surface area contributed by atoms with Crippen LogP contribution in [0.1, 0.15) is 16.8 Å². The first-order valence-electron chi connectivity index (χ1n) is 9.00. The number of thiophene rings is 1. The molecule has 3 aromatic rings. The number of benzene rings is 1. The highest BCUT2D eigenvalue weighted by molar-refractivity contribution is 7.22. The van der Waals surface area contributed by atoms with E-state index in [-0.39, 0.29) is 5.91 Å². The third-order valence-electron chi connectivity index (χ3n) is 4.80. The molecule has 3 heterocycles. The van der Waals surface area contributed by atoms with Crippen LogP contribution in [-0.2, 0) is 4.74 Å². The van der Waals surface area contributed by atoms with Crippen LogP contribution in [0.3, 0.4) is 0 Å². The lowest BCUT2D eigenvalue weighted by molar-refractivity contribution is 0.0964. The molecule has 1 aromatic carbocycles. The van der Waals surface area contributed by atoms with Crippen molar-refractivity contribution in [1.29, 1.82) is 0 Å². The molecule has 1 fully saturated rings. The molecule has 0 bridgehead atoms. The van der Waals surface area contributed by atoms with Crippen LogP contribution in [0, 0.1) is 0 Å². The smallest absolute Gasteiger partial charge is 0.254 e. The molecule has 0 saturated carbocycles. The summed E-state index contributed by atoms with van der Waals surface area (Å²) in [7, 11) is 1.62. The molecule has 1 amide bonds. The van der Waals surface area contributed by atoms with E-state index < -0.39 is 0 Å². The fourth-order valence-electron chi connectivity index (χ4n) is 3.32. The predicted molar refractivity (Wildman–Crippen MR) is 111 cm³/mol. The number of amides is 1. The van der Waals surface area contributed by atoms with E-state index >= 15 is 0 Å². The van der Waals surface area contributed by atoms with Crippen LogP contribution in [0.5, 0.6) is 0 Å². The molecular formula is C20H22N4O2S. The van der Waals surface area contributed by atoms with Crippen LogP contribution < -0.4 is 16.0 Å². The van der Waals surface area contributed by atoms with Gasteiger partial charge in [-0.25, -0.2) is 4.98 Å². The number of nitrogens with two attached hydrogens (primary N) is 1. The minimum Gasteiger partial charge on any atom is -0.383 e. The van der Waals surface area contributed by atoms with Crippen LogP contribution in [0.2, 0.25) is 0 Å². The Bertz CT molecular complexity index is 960. The minimum absolute atomic E-state index is 0.153. The highest BCUT2D eigenvalue weighted by Crippen LogP contribution is 2.38. The summed E-state index contributed by atoms with van der Waals surface area (Å²) in [6, 6.07) is 10.5.